The number of likely N-dealkylation sites (tertiary alicyclic amines) is 1. The number of benzene rings is 1. The van der Waals surface area contributed by atoms with Gasteiger partial charge in [0.05, 0.1) is 49.8 Å². The van der Waals surface area contributed by atoms with Gasteiger partial charge in [-0.2, -0.15) is 0 Å². The zero-order valence-corrected chi connectivity index (χ0v) is 30.6. The van der Waals surface area contributed by atoms with Gasteiger partial charge in [-0.3, -0.25) is 21.3 Å². The maximum atomic E-state index is 13.5. The van der Waals surface area contributed by atoms with Crippen LogP contribution in [0.2, 0.25) is 0 Å². The van der Waals surface area contributed by atoms with Crippen LogP contribution in [0.1, 0.15) is 76.3 Å². The fourth-order valence-electron chi connectivity index (χ4n) is 11.4. The zero-order chi connectivity index (χ0) is 35.9. The molecule has 9 N–H and O–H groups in total. The predicted molar refractivity (Wildman–Crippen MR) is 187 cm³/mol. The molecule has 1 saturated heterocycles. The third-order valence-electron chi connectivity index (χ3n) is 13.8. The van der Waals surface area contributed by atoms with Crippen LogP contribution < -0.4 is 37.0 Å². The molecule has 8 atom stereocenters. The summed E-state index contributed by atoms with van der Waals surface area (Å²) >= 11 is 0. The Kier molecular flexibility index (Phi) is 8.64. The van der Waals surface area contributed by atoms with Crippen LogP contribution in [0.25, 0.3) is 0 Å². The molecule has 2 spiro atoms. The van der Waals surface area contributed by atoms with Gasteiger partial charge < -0.3 is 39.8 Å². The number of methoxy groups -OCH3 is 1. The first-order chi connectivity index (χ1) is 23.6. The molecule has 1 aromatic rings. The van der Waals surface area contributed by atoms with Gasteiger partial charge in [0.2, 0.25) is 5.91 Å². The molecule has 5 aliphatic carbocycles. The number of rotatable bonds is 13. The normalized spacial score (nSPS) is 35.1. The van der Waals surface area contributed by atoms with Crippen molar-refractivity contribution in [3.8, 4) is 11.5 Å². The van der Waals surface area contributed by atoms with Crippen molar-refractivity contribution in [3.05, 3.63) is 23.3 Å². The number of guanidine groups is 1. The lowest BCUT2D eigenvalue weighted by Gasteiger charge is -2.75. The number of carbonyl (C=O) groups is 2. The average molecular weight is 698 g/mol. The number of carbonyl (C=O) groups excluding carboxylic acids is 2. The lowest BCUT2D eigenvalue weighted by Crippen LogP contribution is -2.84. The molecule has 4 bridgehead atoms. The van der Waals surface area contributed by atoms with Gasteiger partial charge in [0.1, 0.15) is 11.7 Å². The van der Waals surface area contributed by atoms with E-state index in [1.807, 2.05) is 19.9 Å². The third kappa shape index (κ3) is 5.28. The van der Waals surface area contributed by atoms with Crippen LogP contribution in [0.4, 0.5) is 4.79 Å². The van der Waals surface area contributed by atoms with E-state index in [4.69, 9.17) is 31.4 Å². The number of quaternary nitrogens is 1. The van der Waals surface area contributed by atoms with Gasteiger partial charge in [-0.05, 0) is 70.4 Å². The summed E-state index contributed by atoms with van der Waals surface area (Å²) < 4.78 is 20.9. The lowest BCUT2D eigenvalue weighted by atomic mass is 9.33. The molecular formula is C37H59N7O6+2. The monoisotopic (exact) mass is 697 g/mol. The molecule has 2 heterocycles. The van der Waals surface area contributed by atoms with Gasteiger partial charge in [-0.25, -0.2) is 4.79 Å². The molecule has 4 saturated carbocycles. The summed E-state index contributed by atoms with van der Waals surface area (Å²) in [6.07, 6.45) is 7.64. The zero-order valence-electron chi connectivity index (χ0n) is 30.6. The largest absolute Gasteiger partial charge is 0.482 e. The molecule has 8 rings (SSSR count). The minimum Gasteiger partial charge on any atom is -0.482 e. The van der Waals surface area contributed by atoms with E-state index in [0.29, 0.717) is 36.9 Å². The van der Waals surface area contributed by atoms with Crippen molar-refractivity contribution >= 4 is 18.0 Å². The van der Waals surface area contributed by atoms with E-state index in [-0.39, 0.29) is 47.8 Å². The Morgan fingerprint density at radius 2 is 2.00 bits per heavy atom. The van der Waals surface area contributed by atoms with Crippen molar-refractivity contribution < 1.29 is 38.4 Å². The standard InChI is InChI=1S/C37H57N7O6/c1-34(2,47)26-20-35-12-13-37(26,48-5)31-36(35)14-18-44(4,21-22-8-9-22)27(35)19-23-10-11-25(29(50-31)28(23)36)49-33(46)43(3)17-16-41-30(45)24(38)7-6-15-42-32(39)40/h10-11,22,24,26-27,31,47H,6-9,12-21,38H2,1-5H3,(H4-,39,40,41,42,45)/p+2/t24-,26+,27+,31+,35+,36-,37+,44?/m0/s1. The first-order valence-electron chi connectivity index (χ1n) is 18.6. The molecule has 2 aliphatic heterocycles. The Morgan fingerprint density at radius 3 is 2.68 bits per heavy atom. The fourth-order valence-corrected chi connectivity index (χ4v) is 11.4. The van der Waals surface area contributed by atoms with Crippen molar-refractivity contribution in [1.29, 1.82) is 0 Å². The summed E-state index contributed by atoms with van der Waals surface area (Å²) in [5, 5.41) is 14.6. The quantitative estimate of drug-likeness (QED) is 0.0704. The van der Waals surface area contributed by atoms with Crippen LogP contribution in [-0.4, -0.2) is 116 Å². The molecule has 1 aromatic carbocycles. The number of ether oxygens (including phenoxy) is 3. The van der Waals surface area contributed by atoms with Crippen molar-refractivity contribution in [3.63, 3.8) is 0 Å². The number of hydrogen-bond donors (Lipinski definition) is 6. The number of aliphatic hydroxyl groups is 1. The maximum Gasteiger partial charge on any atom is 0.415 e. The third-order valence-corrected chi connectivity index (χ3v) is 13.8. The van der Waals surface area contributed by atoms with Crippen molar-refractivity contribution in [2.24, 2.45) is 34.5 Å². The second-order valence-corrected chi connectivity index (χ2v) is 17.1. The molecule has 1 unspecified atom stereocenters. The molecule has 13 nitrogen and oxygen atoms in total. The summed E-state index contributed by atoms with van der Waals surface area (Å²) in [5.41, 5.74) is 17.4. The van der Waals surface area contributed by atoms with Crippen molar-refractivity contribution in [2.45, 2.75) is 106 Å². The summed E-state index contributed by atoms with van der Waals surface area (Å²) in [7, 11) is 5.93. The Labute approximate surface area is 295 Å². The van der Waals surface area contributed by atoms with Gasteiger partial charge in [-0.15, -0.1) is 0 Å². The van der Waals surface area contributed by atoms with E-state index in [1.54, 1.807) is 14.2 Å². The maximum absolute atomic E-state index is 13.5. The van der Waals surface area contributed by atoms with E-state index in [9.17, 15) is 14.7 Å². The number of nitrogens with zero attached hydrogens (tertiary/aromatic N) is 2. The highest BCUT2D eigenvalue weighted by Gasteiger charge is 2.84. The number of hydrogen-bond acceptors (Lipinski definition) is 7. The van der Waals surface area contributed by atoms with Gasteiger partial charge in [0.15, 0.2) is 11.5 Å². The van der Waals surface area contributed by atoms with Gasteiger partial charge in [0.25, 0.3) is 0 Å². The second kappa shape index (κ2) is 12.2. The van der Waals surface area contributed by atoms with Crippen LogP contribution in [0.3, 0.4) is 0 Å². The van der Waals surface area contributed by atoms with E-state index in [1.165, 1.54) is 35.4 Å². The summed E-state index contributed by atoms with van der Waals surface area (Å²) in [6.45, 7) is 7.16. The van der Waals surface area contributed by atoms with Crippen LogP contribution in [-0.2, 0) is 21.4 Å². The first kappa shape index (κ1) is 35.3. The summed E-state index contributed by atoms with van der Waals surface area (Å²) in [6, 6.07) is 3.80. The molecule has 7 aliphatic rings. The highest BCUT2D eigenvalue weighted by Crippen LogP contribution is 2.78. The Bertz CT molecular complexity index is 1560. The van der Waals surface area contributed by atoms with E-state index < -0.39 is 23.3 Å². The van der Waals surface area contributed by atoms with Crippen LogP contribution in [0.5, 0.6) is 11.5 Å². The van der Waals surface area contributed by atoms with Gasteiger partial charge >= 0.3 is 12.1 Å². The molecular weight excluding hydrogens is 638 g/mol. The average Bonchev–Trinajstić information content (AvgIpc) is 3.80. The Morgan fingerprint density at radius 1 is 1.24 bits per heavy atom. The number of piperidine rings is 1. The smallest absolute Gasteiger partial charge is 0.415 e. The van der Waals surface area contributed by atoms with Crippen LogP contribution >= 0.6 is 0 Å². The fraction of sp³-hybridized carbons (Fsp3) is 0.757. The van der Waals surface area contributed by atoms with Crippen molar-refractivity contribution in [1.82, 2.24) is 10.2 Å². The van der Waals surface area contributed by atoms with E-state index in [0.717, 1.165) is 49.0 Å². The van der Waals surface area contributed by atoms with Crippen molar-refractivity contribution in [2.75, 3.05) is 53.9 Å². The highest BCUT2D eigenvalue weighted by molar-refractivity contribution is 5.81. The number of fused-ring (bicyclic) bond motifs is 2. The first-order valence-corrected chi connectivity index (χ1v) is 18.6. The number of nitrogens with two attached hydrogens (primary N) is 3. The minimum atomic E-state index is -0.954. The van der Waals surface area contributed by atoms with Gasteiger partial charge in [0, 0.05) is 62.9 Å². The van der Waals surface area contributed by atoms with Crippen LogP contribution in [0, 0.1) is 17.3 Å². The Hall–Kier alpha value is -3.13. The minimum absolute atomic E-state index is 0.0615. The lowest BCUT2D eigenvalue weighted by molar-refractivity contribution is -0.952. The molecule has 2 amide bonds. The molecule has 13 heteroatoms. The van der Waals surface area contributed by atoms with E-state index >= 15 is 0 Å². The second-order valence-electron chi connectivity index (χ2n) is 17.1. The van der Waals surface area contributed by atoms with E-state index in [2.05, 4.69) is 23.4 Å². The van der Waals surface area contributed by atoms with Gasteiger partial charge in [-0.1, -0.05) is 6.07 Å². The molecule has 5 fully saturated rings. The molecule has 50 heavy (non-hydrogen) atoms. The molecule has 0 radical (unpaired) electrons. The number of nitrogens with one attached hydrogen (secondary N) is 2. The number of amides is 2. The summed E-state index contributed by atoms with van der Waals surface area (Å²) in [4.78, 5) is 30.3. The SMILES string of the molecule is CO[C@]12CC[C@@]3(C[C@@H]1C(C)(C)O)[C@H]1Cc4ccc(OC(=O)N(C)CCNC(=O)[C@@H](N)CCC[NH+]=C(N)N)c5c4[C@@]3(CC[N+]1(C)CC1CC1)[C@H]2O5. The Balaban J connectivity index is 1.13. The summed E-state index contributed by atoms with van der Waals surface area (Å²) in [5.74, 6) is 1.64. The topological polar surface area (TPSA) is 189 Å². The number of likely N-dealkylation sites (N-methyl/N-ethyl adjacent to an activating group) is 2. The van der Waals surface area contributed by atoms with Crippen LogP contribution in [0.15, 0.2) is 12.1 Å². The molecule has 0 aromatic heterocycles. The predicted octanol–water partition coefficient (Wildman–Crippen LogP) is -0.165. The molecule has 276 valence electrons. The highest BCUT2D eigenvalue weighted by atomic mass is 16.6.